The van der Waals surface area contributed by atoms with Crippen molar-refractivity contribution in [3.63, 3.8) is 0 Å². The molecule has 1 aliphatic rings. The number of carbonyl (C=O) groups excluding carboxylic acids is 1. The van der Waals surface area contributed by atoms with Gasteiger partial charge in [-0.2, -0.15) is 0 Å². The molecule has 0 spiro atoms. The number of nitrogens with zero attached hydrogens (tertiary/aromatic N) is 1. The highest BCUT2D eigenvalue weighted by Gasteiger charge is 2.38. The van der Waals surface area contributed by atoms with Gasteiger partial charge in [0, 0.05) is 23.7 Å². The molecule has 0 radical (unpaired) electrons. The minimum atomic E-state index is -0.930. The molecule has 3 rings (SSSR count). The maximum Gasteiger partial charge on any atom is 0.308 e. The number of carbonyl (C=O) groups is 2. The Bertz CT molecular complexity index is 881. The molecule has 1 N–H and O–H groups in total. The maximum atomic E-state index is 14.6. The van der Waals surface area contributed by atoms with Crippen LogP contribution < -0.4 is 0 Å². The van der Waals surface area contributed by atoms with E-state index in [4.69, 9.17) is 0 Å². The van der Waals surface area contributed by atoms with E-state index in [1.807, 2.05) is 0 Å². The van der Waals surface area contributed by atoms with Crippen molar-refractivity contribution >= 4 is 11.9 Å². The number of carboxylic acids is 1. The van der Waals surface area contributed by atoms with Gasteiger partial charge in [0.25, 0.3) is 5.91 Å². The van der Waals surface area contributed by atoms with Crippen molar-refractivity contribution < 1.29 is 23.5 Å². The third-order valence-corrected chi connectivity index (χ3v) is 5.03. The monoisotopic (exact) mass is 359 g/mol. The Hall–Kier alpha value is -2.76. The summed E-state index contributed by atoms with van der Waals surface area (Å²) in [7, 11) is 0. The fourth-order valence-corrected chi connectivity index (χ4v) is 3.52. The molecule has 136 valence electrons. The van der Waals surface area contributed by atoms with Crippen molar-refractivity contribution in [2.24, 2.45) is 5.92 Å². The molecule has 1 amide bonds. The highest BCUT2D eigenvalue weighted by atomic mass is 19.1. The second kappa shape index (κ2) is 6.86. The van der Waals surface area contributed by atoms with Gasteiger partial charge in [0.05, 0.1) is 5.92 Å². The van der Waals surface area contributed by atoms with Crippen LogP contribution in [0.1, 0.15) is 29.3 Å². The molecule has 0 saturated carbocycles. The molecule has 1 saturated heterocycles. The van der Waals surface area contributed by atoms with Gasteiger partial charge in [-0.15, -0.1) is 0 Å². The molecule has 0 aliphatic carbocycles. The number of hydrogen-bond acceptors (Lipinski definition) is 2. The summed E-state index contributed by atoms with van der Waals surface area (Å²) in [6.07, 6.45) is 0.386. The first-order valence-corrected chi connectivity index (χ1v) is 8.39. The maximum absolute atomic E-state index is 14.6. The molecule has 1 fully saturated rings. The van der Waals surface area contributed by atoms with Crippen LogP contribution in [-0.4, -0.2) is 34.5 Å². The van der Waals surface area contributed by atoms with Crippen molar-refractivity contribution in [3.8, 4) is 11.1 Å². The molecule has 2 atom stereocenters. The summed E-state index contributed by atoms with van der Waals surface area (Å²) >= 11 is 0. The summed E-state index contributed by atoms with van der Waals surface area (Å²) in [5.74, 6) is -2.89. The van der Waals surface area contributed by atoms with Gasteiger partial charge < -0.3 is 10.0 Å². The van der Waals surface area contributed by atoms with E-state index in [0.717, 1.165) is 6.07 Å². The van der Waals surface area contributed by atoms with Crippen LogP contribution in [-0.2, 0) is 4.79 Å². The minimum Gasteiger partial charge on any atom is -0.481 e. The second-order valence-electron chi connectivity index (χ2n) is 6.63. The van der Waals surface area contributed by atoms with E-state index >= 15 is 0 Å². The summed E-state index contributed by atoms with van der Waals surface area (Å²) in [6.45, 7) is 3.71. The average Bonchev–Trinajstić information content (AvgIpc) is 2.96. The largest absolute Gasteiger partial charge is 0.481 e. The summed E-state index contributed by atoms with van der Waals surface area (Å²) in [4.78, 5) is 25.3. The van der Waals surface area contributed by atoms with E-state index in [1.54, 1.807) is 13.8 Å². The third kappa shape index (κ3) is 3.19. The lowest BCUT2D eigenvalue weighted by molar-refractivity contribution is -0.142. The topological polar surface area (TPSA) is 57.6 Å². The van der Waals surface area contributed by atoms with Crippen LogP contribution in [0.2, 0.25) is 0 Å². The van der Waals surface area contributed by atoms with Crippen molar-refractivity contribution in [2.45, 2.75) is 26.3 Å². The van der Waals surface area contributed by atoms with Gasteiger partial charge in [-0.1, -0.05) is 12.1 Å². The van der Waals surface area contributed by atoms with Gasteiger partial charge >= 0.3 is 5.97 Å². The summed E-state index contributed by atoms with van der Waals surface area (Å²) < 4.78 is 27.9. The lowest BCUT2D eigenvalue weighted by Gasteiger charge is -2.23. The van der Waals surface area contributed by atoms with Gasteiger partial charge in [-0.3, -0.25) is 9.59 Å². The highest BCUT2D eigenvalue weighted by molar-refractivity contribution is 5.95. The molecule has 2 aromatic carbocycles. The van der Waals surface area contributed by atoms with Gasteiger partial charge in [0.15, 0.2) is 0 Å². The third-order valence-electron chi connectivity index (χ3n) is 5.03. The number of amides is 1. The van der Waals surface area contributed by atoms with Gasteiger partial charge in [0.1, 0.15) is 11.6 Å². The Morgan fingerprint density at radius 3 is 2.38 bits per heavy atom. The van der Waals surface area contributed by atoms with Crippen LogP contribution in [0.4, 0.5) is 8.78 Å². The van der Waals surface area contributed by atoms with Crippen molar-refractivity contribution in [1.82, 2.24) is 4.90 Å². The molecule has 2 aromatic rings. The Morgan fingerprint density at radius 1 is 1.12 bits per heavy atom. The number of aliphatic carboxylic acids is 1. The van der Waals surface area contributed by atoms with E-state index in [0.29, 0.717) is 24.1 Å². The summed E-state index contributed by atoms with van der Waals surface area (Å²) in [5.41, 5.74) is 1.62. The van der Waals surface area contributed by atoms with Gasteiger partial charge in [-0.05, 0) is 55.7 Å². The normalized spacial score (nSPS) is 19.6. The minimum absolute atomic E-state index is 0.170. The molecule has 2 unspecified atom stereocenters. The summed E-state index contributed by atoms with van der Waals surface area (Å²) in [5, 5.41) is 9.18. The van der Waals surface area contributed by atoms with Crippen LogP contribution in [0.15, 0.2) is 36.4 Å². The van der Waals surface area contributed by atoms with Crippen molar-refractivity contribution in [3.05, 3.63) is 59.2 Å². The van der Waals surface area contributed by atoms with Crippen LogP contribution in [0.5, 0.6) is 0 Å². The van der Waals surface area contributed by atoms with E-state index < -0.39 is 29.6 Å². The van der Waals surface area contributed by atoms with Gasteiger partial charge in [0.2, 0.25) is 0 Å². The van der Waals surface area contributed by atoms with E-state index in [-0.39, 0.29) is 17.0 Å². The number of hydrogen-bond donors (Lipinski definition) is 1. The summed E-state index contributed by atoms with van der Waals surface area (Å²) in [6, 6.07) is 7.82. The molecular formula is C20H19F2NO3. The van der Waals surface area contributed by atoms with Crippen LogP contribution in [0, 0.1) is 24.5 Å². The first-order chi connectivity index (χ1) is 12.3. The van der Waals surface area contributed by atoms with Gasteiger partial charge in [-0.25, -0.2) is 8.78 Å². The Morgan fingerprint density at radius 2 is 1.81 bits per heavy atom. The second-order valence-corrected chi connectivity index (χ2v) is 6.63. The molecule has 6 heteroatoms. The van der Waals surface area contributed by atoms with E-state index in [9.17, 15) is 23.5 Å². The van der Waals surface area contributed by atoms with Crippen molar-refractivity contribution in [2.75, 3.05) is 6.54 Å². The zero-order valence-electron chi connectivity index (χ0n) is 14.5. The number of benzene rings is 2. The molecule has 26 heavy (non-hydrogen) atoms. The number of likely N-dealkylation sites (tertiary alicyclic amines) is 1. The number of rotatable bonds is 3. The quantitative estimate of drug-likeness (QED) is 0.905. The zero-order valence-corrected chi connectivity index (χ0v) is 14.5. The standard InChI is InChI=1S/C20H19F2NO3/c1-11-9-14(21)4-6-15(11)17-5-3-13(10-18(17)22)19(24)23-8-7-16(12(23)2)20(25)26/h3-6,9-10,12,16H,7-8H2,1-2H3,(H,25,26). The fourth-order valence-electron chi connectivity index (χ4n) is 3.52. The Labute approximate surface area is 150 Å². The highest BCUT2D eigenvalue weighted by Crippen LogP contribution is 2.30. The predicted octanol–water partition coefficient (Wildman–Crippen LogP) is 3.88. The molecule has 0 bridgehead atoms. The molecule has 0 aromatic heterocycles. The van der Waals surface area contributed by atoms with Crippen LogP contribution in [0.3, 0.4) is 0 Å². The Kier molecular flexibility index (Phi) is 4.76. The lowest BCUT2D eigenvalue weighted by atomic mass is 9.98. The van der Waals surface area contributed by atoms with Crippen LogP contribution >= 0.6 is 0 Å². The molecule has 4 nitrogen and oxygen atoms in total. The smallest absolute Gasteiger partial charge is 0.308 e. The predicted molar refractivity (Wildman–Crippen MR) is 92.8 cm³/mol. The van der Waals surface area contributed by atoms with E-state index in [2.05, 4.69) is 0 Å². The first-order valence-electron chi connectivity index (χ1n) is 8.39. The number of halogens is 2. The molecule has 1 aliphatic heterocycles. The molecule has 1 heterocycles. The SMILES string of the molecule is Cc1cc(F)ccc1-c1ccc(C(=O)N2CCC(C(=O)O)C2C)cc1F. The van der Waals surface area contributed by atoms with Crippen LogP contribution in [0.25, 0.3) is 11.1 Å². The Balaban J connectivity index is 1.88. The zero-order chi connectivity index (χ0) is 19.0. The van der Waals surface area contributed by atoms with E-state index in [1.165, 1.54) is 35.2 Å². The first kappa shape index (κ1) is 18.0. The number of carboxylic acid groups (broad SMARTS) is 1. The number of aryl methyl sites for hydroxylation is 1. The fraction of sp³-hybridized carbons (Fsp3) is 0.300. The molecular weight excluding hydrogens is 340 g/mol. The lowest BCUT2D eigenvalue weighted by Crippen LogP contribution is -2.37. The average molecular weight is 359 g/mol. The van der Waals surface area contributed by atoms with Crippen molar-refractivity contribution in [1.29, 1.82) is 0 Å².